The summed E-state index contributed by atoms with van der Waals surface area (Å²) in [5, 5.41) is 17.9. The van der Waals surface area contributed by atoms with Gasteiger partial charge in [-0.25, -0.2) is 0 Å². The fraction of sp³-hybridized carbons (Fsp3) is 0.412. The number of nitrogens with zero attached hydrogens (tertiary/aromatic N) is 3. The molecule has 3 heterocycles. The Morgan fingerprint density at radius 1 is 0.958 bits per heavy atom. The third-order valence-electron chi connectivity index (χ3n) is 3.68. The van der Waals surface area contributed by atoms with E-state index in [9.17, 15) is 5.11 Å². The lowest BCUT2D eigenvalue weighted by Crippen LogP contribution is -2.35. The molecule has 0 aromatic carbocycles. The standard InChI is InChI=1S/C11H15BrN2O.C6H6BrNO/c12-9-1-2-10(13-7-9)8-14-5-3-11(15)4-6-14;7-5-1-2-6(4-9)8-3-5/h1-2,7,11,15H,3-6,8H2;1-3,9H,4H2. The molecule has 0 unspecified atom stereocenters. The van der Waals surface area contributed by atoms with Crippen LogP contribution in [0.2, 0.25) is 0 Å². The number of piperidine rings is 1. The van der Waals surface area contributed by atoms with Crippen LogP contribution in [0, 0.1) is 0 Å². The van der Waals surface area contributed by atoms with E-state index in [4.69, 9.17) is 5.11 Å². The van der Waals surface area contributed by atoms with Gasteiger partial charge in [0.05, 0.1) is 24.1 Å². The third kappa shape index (κ3) is 6.94. The largest absolute Gasteiger partial charge is 0.393 e. The van der Waals surface area contributed by atoms with Gasteiger partial charge in [-0.2, -0.15) is 0 Å². The summed E-state index contributed by atoms with van der Waals surface area (Å²) in [6, 6.07) is 7.67. The fourth-order valence-corrected chi connectivity index (χ4v) is 2.78. The second-order valence-corrected chi connectivity index (χ2v) is 7.43. The summed E-state index contributed by atoms with van der Waals surface area (Å²) in [5.41, 5.74) is 1.78. The minimum Gasteiger partial charge on any atom is -0.393 e. The normalized spacial score (nSPS) is 15.7. The Labute approximate surface area is 159 Å². The van der Waals surface area contributed by atoms with Gasteiger partial charge in [-0.15, -0.1) is 0 Å². The summed E-state index contributed by atoms with van der Waals surface area (Å²) < 4.78 is 1.94. The second-order valence-electron chi connectivity index (χ2n) is 5.60. The number of aliphatic hydroxyl groups excluding tert-OH is 2. The molecule has 2 aromatic rings. The number of likely N-dealkylation sites (tertiary alicyclic amines) is 1. The first-order valence-electron chi connectivity index (χ1n) is 7.79. The zero-order valence-corrected chi connectivity index (χ0v) is 16.4. The van der Waals surface area contributed by atoms with E-state index in [1.807, 2.05) is 24.4 Å². The van der Waals surface area contributed by atoms with Crippen LogP contribution < -0.4 is 0 Å². The second kappa shape index (κ2) is 10.2. The number of rotatable bonds is 3. The summed E-state index contributed by atoms with van der Waals surface area (Å²) in [7, 11) is 0. The van der Waals surface area contributed by atoms with Crippen molar-refractivity contribution >= 4 is 31.9 Å². The molecule has 0 spiro atoms. The Hall–Kier alpha value is -0.860. The van der Waals surface area contributed by atoms with E-state index in [1.54, 1.807) is 12.3 Å². The SMILES string of the molecule is OC1CCN(Cc2ccc(Br)cn2)CC1.OCc1ccc(Br)cn1. The Bertz CT molecular complexity index is 600. The summed E-state index contributed by atoms with van der Waals surface area (Å²) >= 11 is 6.60. The molecule has 1 saturated heterocycles. The molecule has 130 valence electrons. The van der Waals surface area contributed by atoms with Crippen molar-refractivity contribution in [3.05, 3.63) is 57.0 Å². The highest BCUT2D eigenvalue weighted by molar-refractivity contribution is 9.10. The third-order valence-corrected chi connectivity index (χ3v) is 4.62. The first kappa shape index (κ1) is 19.5. The maximum Gasteiger partial charge on any atom is 0.0852 e. The van der Waals surface area contributed by atoms with Gasteiger partial charge in [-0.3, -0.25) is 14.9 Å². The molecule has 1 aliphatic rings. The first-order valence-corrected chi connectivity index (χ1v) is 9.37. The Kier molecular flexibility index (Phi) is 8.28. The van der Waals surface area contributed by atoms with Crippen LogP contribution in [0.25, 0.3) is 0 Å². The van der Waals surface area contributed by atoms with Gasteiger partial charge in [-0.05, 0) is 69.0 Å². The predicted molar refractivity (Wildman–Crippen MR) is 100 cm³/mol. The fourth-order valence-electron chi connectivity index (χ4n) is 2.31. The maximum absolute atomic E-state index is 9.38. The average molecular weight is 459 g/mol. The summed E-state index contributed by atoms with van der Waals surface area (Å²) in [5.74, 6) is 0. The minimum absolute atomic E-state index is 0.00722. The van der Waals surface area contributed by atoms with Crippen LogP contribution in [-0.4, -0.2) is 44.3 Å². The highest BCUT2D eigenvalue weighted by Gasteiger charge is 2.16. The predicted octanol–water partition coefficient (Wildman–Crippen LogP) is 3.14. The van der Waals surface area contributed by atoms with Crippen LogP contribution in [-0.2, 0) is 13.2 Å². The molecule has 7 heteroatoms. The average Bonchev–Trinajstić information content (AvgIpc) is 2.60. The van der Waals surface area contributed by atoms with Crippen LogP contribution >= 0.6 is 31.9 Å². The van der Waals surface area contributed by atoms with Gasteiger partial charge in [0.25, 0.3) is 0 Å². The topological polar surface area (TPSA) is 69.5 Å². The zero-order chi connectivity index (χ0) is 17.4. The van der Waals surface area contributed by atoms with E-state index in [2.05, 4.69) is 46.7 Å². The maximum atomic E-state index is 9.38. The lowest BCUT2D eigenvalue weighted by atomic mass is 10.1. The number of hydrogen-bond donors (Lipinski definition) is 2. The van der Waals surface area contributed by atoms with Gasteiger partial charge in [0, 0.05) is 41.0 Å². The van der Waals surface area contributed by atoms with E-state index in [-0.39, 0.29) is 12.7 Å². The summed E-state index contributed by atoms with van der Waals surface area (Å²) in [6.07, 6.45) is 5.16. The van der Waals surface area contributed by atoms with Crippen LogP contribution in [0.5, 0.6) is 0 Å². The molecular weight excluding hydrogens is 438 g/mol. The summed E-state index contributed by atoms with van der Waals surface area (Å²) in [4.78, 5) is 10.6. The molecule has 3 rings (SSSR count). The molecule has 0 bridgehead atoms. The van der Waals surface area contributed by atoms with Crippen molar-refractivity contribution in [1.29, 1.82) is 0 Å². The highest BCUT2D eigenvalue weighted by Crippen LogP contribution is 2.14. The monoisotopic (exact) mass is 457 g/mol. The van der Waals surface area contributed by atoms with Crippen molar-refractivity contribution in [3.8, 4) is 0 Å². The van der Waals surface area contributed by atoms with Crippen molar-refractivity contribution in [2.45, 2.75) is 32.1 Å². The molecule has 0 atom stereocenters. The molecule has 1 fully saturated rings. The van der Waals surface area contributed by atoms with Crippen LogP contribution in [0.15, 0.2) is 45.6 Å². The van der Waals surface area contributed by atoms with Crippen molar-refractivity contribution in [2.75, 3.05) is 13.1 Å². The van der Waals surface area contributed by atoms with Gasteiger partial charge in [0.1, 0.15) is 0 Å². The smallest absolute Gasteiger partial charge is 0.0852 e. The molecule has 24 heavy (non-hydrogen) atoms. The van der Waals surface area contributed by atoms with Crippen LogP contribution in [0.1, 0.15) is 24.2 Å². The summed E-state index contributed by atoms with van der Waals surface area (Å²) in [6.45, 7) is 2.84. The molecule has 0 aliphatic carbocycles. The van der Waals surface area contributed by atoms with Gasteiger partial charge in [0.15, 0.2) is 0 Å². The Morgan fingerprint density at radius 2 is 1.50 bits per heavy atom. The van der Waals surface area contributed by atoms with Gasteiger partial charge < -0.3 is 10.2 Å². The molecule has 2 aromatic heterocycles. The molecule has 0 amide bonds. The first-order chi connectivity index (χ1) is 11.6. The van der Waals surface area contributed by atoms with Gasteiger partial charge >= 0.3 is 0 Å². The number of halogens is 2. The number of hydrogen-bond acceptors (Lipinski definition) is 5. The molecular formula is C17H21Br2N3O2. The minimum atomic E-state index is -0.0980. The lowest BCUT2D eigenvalue weighted by Gasteiger charge is -2.29. The van der Waals surface area contributed by atoms with E-state index in [0.29, 0.717) is 5.69 Å². The van der Waals surface area contributed by atoms with E-state index in [1.165, 1.54) is 0 Å². The number of pyridine rings is 2. The van der Waals surface area contributed by atoms with Crippen molar-refractivity contribution in [3.63, 3.8) is 0 Å². The van der Waals surface area contributed by atoms with E-state index >= 15 is 0 Å². The zero-order valence-electron chi connectivity index (χ0n) is 13.3. The number of aliphatic hydroxyl groups is 2. The Morgan fingerprint density at radius 3 is 1.96 bits per heavy atom. The molecule has 5 nitrogen and oxygen atoms in total. The van der Waals surface area contributed by atoms with E-state index < -0.39 is 0 Å². The number of aromatic nitrogens is 2. The molecule has 2 N–H and O–H groups in total. The molecule has 0 saturated carbocycles. The van der Waals surface area contributed by atoms with Gasteiger partial charge in [-0.1, -0.05) is 0 Å². The van der Waals surface area contributed by atoms with E-state index in [0.717, 1.165) is 47.1 Å². The van der Waals surface area contributed by atoms with Crippen LogP contribution in [0.4, 0.5) is 0 Å². The molecule has 1 aliphatic heterocycles. The van der Waals surface area contributed by atoms with Gasteiger partial charge in [0.2, 0.25) is 0 Å². The van der Waals surface area contributed by atoms with Crippen LogP contribution in [0.3, 0.4) is 0 Å². The van der Waals surface area contributed by atoms with Crippen molar-refractivity contribution < 1.29 is 10.2 Å². The molecule has 0 radical (unpaired) electrons. The lowest BCUT2D eigenvalue weighted by molar-refractivity contribution is 0.0786. The highest BCUT2D eigenvalue weighted by atomic mass is 79.9. The van der Waals surface area contributed by atoms with Crippen molar-refractivity contribution in [2.24, 2.45) is 0 Å². The quantitative estimate of drug-likeness (QED) is 0.739. The van der Waals surface area contributed by atoms with Crippen molar-refractivity contribution in [1.82, 2.24) is 14.9 Å². The Balaban J connectivity index is 0.000000198.